The number of hydrogen-bond acceptors (Lipinski definition) is 3. The molecule has 0 amide bonds. The lowest BCUT2D eigenvalue weighted by Crippen LogP contribution is -2.49. The molecule has 3 heterocycles. The summed E-state index contributed by atoms with van der Waals surface area (Å²) in [6, 6.07) is 0.921. The third kappa shape index (κ3) is 1.14. The van der Waals surface area contributed by atoms with E-state index in [0.29, 0.717) is 12.1 Å². The number of nitrogens with zero attached hydrogens (tertiary/aromatic N) is 1. The summed E-state index contributed by atoms with van der Waals surface area (Å²) < 4.78 is 0. The summed E-state index contributed by atoms with van der Waals surface area (Å²) in [6.07, 6.45) is 4.93. The highest BCUT2D eigenvalue weighted by Crippen LogP contribution is 2.51. The SMILES string of the molecule is C=C1N2CCCC2C(N)C12CCNCC2. The average Bonchev–Trinajstić information content (AvgIpc) is 2.81. The zero-order valence-electron chi connectivity index (χ0n) is 9.34. The lowest BCUT2D eigenvalue weighted by Gasteiger charge is -2.38. The van der Waals surface area contributed by atoms with Crippen molar-refractivity contribution in [1.29, 1.82) is 0 Å². The van der Waals surface area contributed by atoms with Crippen LogP contribution in [0.25, 0.3) is 0 Å². The first-order valence-corrected chi connectivity index (χ1v) is 6.18. The quantitative estimate of drug-likeness (QED) is 0.613. The van der Waals surface area contributed by atoms with Gasteiger partial charge >= 0.3 is 0 Å². The predicted molar refractivity (Wildman–Crippen MR) is 61.4 cm³/mol. The zero-order valence-corrected chi connectivity index (χ0v) is 9.34. The molecule has 3 aliphatic heterocycles. The minimum atomic E-state index is 0.232. The van der Waals surface area contributed by atoms with Crippen LogP contribution in [0.5, 0.6) is 0 Å². The first kappa shape index (κ1) is 9.67. The molecule has 0 aromatic rings. The molecule has 3 rings (SSSR count). The molecule has 15 heavy (non-hydrogen) atoms. The van der Waals surface area contributed by atoms with E-state index < -0.39 is 0 Å². The van der Waals surface area contributed by atoms with Gasteiger partial charge in [0.2, 0.25) is 0 Å². The van der Waals surface area contributed by atoms with Crippen LogP contribution >= 0.6 is 0 Å². The van der Waals surface area contributed by atoms with Gasteiger partial charge < -0.3 is 16.0 Å². The van der Waals surface area contributed by atoms with E-state index in [0.717, 1.165) is 13.1 Å². The molecule has 0 bridgehead atoms. The van der Waals surface area contributed by atoms with Gasteiger partial charge in [0.1, 0.15) is 0 Å². The van der Waals surface area contributed by atoms with Gasteiger partial charge in [0, 0.05) is 29.7 Å². The number of fused-ring (bicyclic) bond motifs is 1. The second kappa shape index (κ2) is 3.22. The van der Waals surface area contributed by atoms with Crippen LogP contribution in [0.3, 0.4) is 0 Å². The van der Waals surface area contributed by atoms with Gasteiger partial charge in [-0.25, -0.2) is 0 Å². The minimum absolute atomic E-state index is 0.232. The second-order valence-corrected chi connectivity index (χ2v) is 5.28. The largest absolute Gasteiger partial charge is 0.370 e. The number of hydrogen-bond donors (Lipinski definition) is 2. The van der Waals surface area contributed by atoms with E-state index in [1.54, 1.807) is 0 Å². The standard InChI is InChI=1S/C12H21N3/c1-9-12(4-6-14-7-5-12)11(13)10-3-2-8-15(9)10/h10-11,14H,1-8,13H2. The molecule has 2 unspecified atom stereocenters. The van der Waals surface area contributed by atoms with Crippen LogP contribution in [-0.2, 0) is 0 Å². The lowest BCUT2D eigenvalue weighted by atomic mass is 9.71. The van der Waals surface area contributed by atoms with Crippen molar-refractivity contribution in [3.63, 3.8) is 0 Å². The molecule has 2 atom stereocenters. The molecular formula is C12H21N3. The van der Waals surface area contributed by atoms with Crippen LogP contribution in [0.4, 0.5) is 0 Å². The van der Waals surface area contributed by atoms with Crippen molar-refractivity contribution < 1.29 is 0 Å². The first-order valence-electron chi connectivity index (χ1n) is 6.18. The van der Waals surface area contributed by atoms with Gasteiger partial charge in [-0.1, -0.05) is 6.58 Å². The monoisotopic (exact) mass is 207 g/mol. The van der Waals surface area contributed by atoms with Gasteiger partial charge in [-0.3, -0.25) is 0 Å². The summed E-state index contributed by atoms with van der Waals surface area (Å²) in [4.78, 5) is 2.50. The van der Waals surface area contributed by atoms with Crippen LogP contribution in [0, 0.1) is 5.41 Å². The molecular weight excluding hydrogens is 186 g/mol. The second-order valence-electron chi connectivity index (χ2n) is 5.28. The highest BCUT2D eigenvalue weighted by atomic mass is 15.3. The molecule has 0 aromatic carbocycles. The molecule has 0 radical (unpaired) electrons. The average molecular weight is 207 g/mol. The number of nitrogens with two attached hydrogens (primary N) is 1. The van der Waals surface area contributed by atoms with Gasteiger partial charge in [0.25, 0.3) is 0 Å². The summed E-state index contributed by atoms with van der Waals surface area (Å²) in [7, 11) is 0. The molecule has 0 saturated carbocycles. The maximum Gasteiger partial charge on any atom is 0.0448 e. The van der Waals surface area contributed by atoms with Crippen molar-refractivity contribution >= 4 is 0 Å². The fraction of sp³-hybridized carbons (Fsp3) is 0.833. The molecule has 3 saturated heterocycles. The lowest BCUT2D eigenvalue weighted by molar-refractivity contribution is 0.220. The van der Waals surface area contributed by atoms with Crippen LogP contribution < -0.4 is 11.1 Å². The van der Waals surface area contributed by atoms with Gasteiger partial charge in [0.15, 0.2) is 0 Å². The van der Waals surface area contributed by atoms with E-state index in [1.807, 2.05) is 0 Å². The number of piperidine rings is 1. The van der Waals surface area contributed by atoms with Crippen molar-refractivity contribution in [1.82, 2.24) is 10.2 Å². The van der Waals surface area contributed by atoms with Crippen LogP contribution in [0.2, 0.25) is 0 Å². The number of rotatable bonds is 0. The van der Waals surface area contributed by atoms with E-state index >= 15 is 0 Å². The Labute approximate surface area is 91.7 Å². The zero-order chi connectivity index (χ0) is 10.5. The molecule has 3 aliphatic rings. The third-order valence-corrected chi connectivity index (χ3v) is 4.77. The van der Waals surface area contributed by atoms with Crippen LogP contribution in [0.15, 0.2) is 12.3 Å². The van der Waals surface area contributed by atoms with Crippen molar-refractivity contribution in [3.05, 3.63) is 12.3 Å². The predicted octanol–water partition coefficient (Wildman–Crippen LogP) is 0.675. The number of nitrogens with one attached hydrogen (secondary N) is 1. The minimum Gasteiger partial charge on any atom is -0.370 e. The van der Waals surface area contributed by atoms with Gasteiger partial charge in [-0.05, 0) is 38.8 Å². The molecule has 1 spiro atoms. The molecule has 3 N–H and O–H groups in total. The van der Waals surface area contributed by atoms with E-state index in [4.69, 9.17) is 5.73 Å². The normalized spacial score (nSPS) is 38.7. The van der Waals surface area contributed by atoms with Crippen molar-refractivity contribution in [3.8, 4) is 0 Å². The van der Waals surface area contributed by atoms with Crippen LogP contribution in [0.1, 0.15) is 25.7 Å². The highest BCUT2D eigenvalue weighted by molar-refractivity contribution is 5.26. The summed E-state index contributed by atoms with van der Waals surface area (Å²) in [6.45, 7) is 7.74. The van der Waals surface area contributed by atoms with Gasteiger partial charge in [0.05, 0.1) is 0 Å². The summed E-state index contributed by atoms with van der Waals surface area (Å²) in [5.41, 5.74) is 8.07. The Balaban J connectivity index is 1.92. The molecule has 0 aromatic heterocycles. The Kier molecular flexibility index (Phi) is 2.08. The fourth-order valence-electron chi connectivity index (χ4n) is 3.84. The van der Waals surface area contributed by atoms with Gasteiger partial charge in [-0.2, -0.15) is 0 Å². The van der Waals surface area contributed by atoms with Crippen molar-refractivity contribution in [2.45, 2.75) is 37.8 Å². The summed E-state index contributed by atoms with van der Waals surface area (Å²) >= 11 is 0. The third-order valence-electron chi connectivity index (χ3n) is 4.77. The first-order chi connectivity index (χ1) is 7.26. The van der Waals surface area contributed by atoms with E-state index in [-0.39, 0.29) is 5.41 Å². The molecule has 3 heteroatoms. The Hall–Kier alpha value is -0.540. The molecule has 0 aliphatic carbocycles. The van der Waals surface area contributed by atoms with Gasteiger partial charge in [-0.15, -0.1) is 0 Å². The fourth-order valence-corrected chi connectivity index (χ4v) is 3.84. The van der Waals surface area contributed by atoms with Crippen molar-refractivity contribution in [2.75, 3.05) is 19.6 Å². The van der Waals surface area contributed by atoms with E-state index in [2.05, 4.69) is 16.8 Å². The Bertz CT molecular complexity index is 281. The van der Waals surface area contributed by atoms with Crippen LogP contribution in [-0.4, -0.2) is 36.6 Å². The highest BCUT2D eigenvalue weighted by Gasteiger charge is 2.54. The summed E-state index contributed by atoms with van der Waals surface area (Å²) in [5, 5.41) is 3.43. The topological polar surface area (TPSA) is 41.3 Å². The van der Waals surface area contributed by atoms with E-state index in [1.165, 1.54) is 37.9 Å². The van der Waals surface area contributed by atoms with E-state index in [9.17, 15) is 0 Å². The Morgan fingerprint density at radius 3 is 2.80 bits per heavy atom. The molecule has 84 valence electrons. The Morgan fingerprint density at radius 2 is 2.13 bits per heavy atom. The summed E-state index contributed by atoms with van der Waals surface area (Å²) in [5.74, 6) is 0. The maximum atomic E-state index is 6.49. The molecule has 3 nitrogen and oxygen atoms in total. The smallest absolute Gasteiger partial charge is 0.0448 e. The van der Waals surface area contributed by atoms with Crippen molar-refractivity contribution in [2.24, 2.45) is 11.1 Å². The maximum absolute atomic E-state index is 6.49. The molecule has 3 fully saturated rings. The Morgan fingerprint density at radius 1 is 1.40 bits per heavy atom.